The smallest absolute Gasteiger partial charge is 0.212 e. The second kappa shape index (κ2) is 2.08. The summed E-state index contributed by atoms with van der Waals surface area (Å²) in [4.78, 5) is 16.5. The molecule has 0 aromatic carbocycles. The lowest BCUT2D eigenvalue weighted by molar-refractivity contribution is 1.21. The van der Waals surface area contributed by atoms with Gasteiger partial charge in [-0.15, -0.1) is 4.91 Å². The van der Waals surface area contributed by atoms with E-state index in [-0.39, 0.29) is 0 Å². The summed E-state index contributed by atoms with van der Waals surface area (Å²) in [5.74, 6) is 1.21. The van der Waals surface area contributed by atoms with E-state index in [0.29, 0.717) is 11.6 Å². The molecule has 0 saturated heterocycles. The van der Waals surface area contributed by atoms with Gasteiger partial charge in [0.05, 0.1) is 11.5 Å². The molecule has 6 heteroatoms. The molecule has 0 saturated carbocycles. The van der Waals surface area contributed by atoms with Gasteiger partial charge in [-0.25, -0.2) is 10.4 Å². The van der Waals surface area contributed by atoms with Gasteiger partial charge >= 0.3 is 0 Å². The summed E-state index contributed by atoms with van der Waals surface area (Å²) in [6, 6.07) is 0. The highest BCUT2D eigenvalue weighted by Crippen LogP contribution is 2.06. The van der Waals surface area contributed by atoms with Crippen LogP contribution in [0.2, 0.25) is 0 Å². The quantitative estimate of drug-likeness (QED) is 0.491. The highest BCUT2D eigenvalue weighted by Gasteiger charge is 1.98. The van der Waals surface area contributed by atoms with Crippen LogP contribution in [0.4, 0.5) is 5.82 Å². The molecule has 2 rings (SSSR count). The van der Waals surface area contributed by atoms with Gasteiger partial charge in [-0.1, -0.05) is 0 Å². The van der Waals surface area contributed by atoms with Crippen molar-refractivity contribution in [2.75, 3.05) is 5.43 Å². The number of imidazole rings is 2. The predicted octanol–water partition coefficient (Wildman–Crippen LogP) is 0.756. The van der Waals surface area contributed by atoms with Gasteiger partial charge in [-0.3, -0.25) is 4.40 Å². The van der Waals surface area contributed by atoms with E-state index in [1.54, 1.807) is 23.0 Å². The summed E-state index contributed by atoms with van der Waals surface area (Å²) in [5, 5.41) is 2.51. The molecule has 0 aliphatic carbocycles. The molecule has 11 heavy (non-hydrogen) atoms. The van der Waals surface area contributed by atoms with Crippen molar-refractivity contribution in [3.63, 3.8) is 0 Å². The Morgan fingerprint density at radius 3 is 3.36 bits per heavy atom. The van der Waals surface area contributed by atoms with Crippen LogP contribution in [0.25, 0.3) is 5.78 Å². The third-order valence-electron chi connectivity index (χ3n) is 1.35. The predicted molar refractivity (Wildman–Crippen MR) is 39.0 cm³/mol. The van der Waals surface area contributed by atoms with Gasteiger partial charge in [-0.05, 0) is 0 Å². The first-order chi connectivity index (χ1) is 5.40. The Morgan fingerprint density at radius 1 is 1.73 bits per heavy atom. The molecule has 2 heterocycles. The average molecular weight is 151 g/mol. The lowest BCUT2D eigenvalue weighted by Crippen LogP contribution is -1.84. The summed E-state index contributed by atoms with van der Waals surface area (Å²) in [6.07, 6.45) is 5.11. The molecule has 0 atom stereocenters. The Bertz CT molecular complexity index is 346. The van der Waals surface area contributed by atoms with Crippen LogP contribution >= 0.6 is 0 Å². The summed E-state index contributed by atoms with van der Waals surface area (Å²) in [7, 11) is 0. The maximum absolute atomic E-state index is 9.76. The Kier molecular flexibility index (Phi) is 1.12. The molecule has 0 radical (unpaired) electrons. The normalized spacial score (nSPS) is 10.2. The maximum Gasteiger partial charge on any atom is 0.212 e. The number of hydrogen-bond acceptors (Lipinski definition) is 3. The Hall–Kier alpha value is -1.85. The second-order valence-electron chi connectivity index (χ2n) is 2.03. The molecule has 56 valence electrons. The third kappa shape index (κ3) is 0.841. The lowest BCUT2D eigenvalue weighted by atomic mass is 10.8. The number of nitrogens with zero attached hydrogens (tertiary/aromatic N) is 3. The van der Waals surface area contributed by atoms with Gasteiger partial charge in [0, 0.05) is 12.4 Å². The fraction of sp³-hybridized carbons (Fsp3) is 0. The van der Waals surface area contributed by atoms with Crippen molar-refractivity contribution in [3.05, 3.63) is 23.5 Å². The molecule has 0 amide bonds. The van der Waals surface area contributed by atoms with Gasteiger partial charge in [-0.2, -0.15) is 0 Å². The largest absolute Gasteiger partial charge is 0.309 e. The topological polar surface area (TPSA) is 74.6 Å². The average Bonchev–Trinajstić information content (AvgIpc) is 2.46. The molecule has 0 unspecified atom stereocenters. The molecule has 2 N–H and O–H groups in total. The molecule has 0 fully saturated rings. The van der Waals surface area contributed by atoms with E-state index >= 15 is 0 Å². The Morgan fingerprint density at radius 2 is 2.64 bits per heavy atom. The fourth-order valence-electron chi connectivity index (χ4n) is 0.912. The van der Waals surface area contributed by atoms with Crippen molar-refractivity contribution in [3.8, 4) is 0 Å². The molecule has 2 aromatic heterocycles. The van der Waals surface area contributed by atoms with Crippen LogP contribution in [0.1, 0.15) is 0 Å². The van der Waals surface area contributed by atoms with Crippen molar-refractivity contribution in [2.45, 2.75) is 0 Å². The molecule has 0 aliphatic rings. The van der Waals surface area contributed by atoms with Crippen LogP contribution in [-0.4, -0.2) is 14.4 Å². The van der Waals surface area contributed by atoms with Gasteiger partial charge in [0.15, 0.2) is 0 Å². The van der Waals surface area contributed by atoms with Crippen LogP contribution in [-0.2, 0) is 0 Å². The highest BCUT2D eigenvalue weighted by atomic mass is 16.3. The maximum atomic E-state index is 9.76. The van der Waals surface area contributed by atoms with Gasteiger partial charge in [0.1, 0.15) is 5.82 Å². The molecule has 6 nitrogen and oxygen atoms in total. The minimum atomic E-state index is 0.531. The SMILES string of the molecule is O=NNc1cn2ccnc2[nH]1. The summed E-state index contributed by atoms with van der Waals surface area (Å²) in [6.45, 7) is 0. The van der Waals surface area contributed by atoms with E-state index in [9.17, 15) is 4.91 Å². The minimum Gasteiger partial charge on any atom is -0.309 e. The first-order valence-electron chi connectivity index (χ1n) is 3.00. The van der Waals surface area contributed by atoms with Crippen molar-refractivity contribution in [2.24, 2.45) is 5.29 Å². The number of aromatic nitrogens is 3. The standard InChI is InChI=1S/C5H5N5O/c11-9-8-4-3-10-2-1-6-5(10)7-4/h1-3H,(H,6,7)(H,8,11). The summed E-state index contributed by atoms with van der Waals surface area (Å²) in [5.41, 5.74) is 2.24. The van der Waals surface area contributed by atoms with Crippen LogP contribution in [0.3, 0.4) is 0 Å². The first kappa shape index (κ1) is 5.90. The molecule has 0 bridgehead atoms. The van der Waals surface area contributed by atoms with E-state index in [1.165, 1.54) is 0 Å². The fourth-order valence-corrected chi connectivity index (χ4v) is 0.912. The van der Waals surface area contributed by atoms with E-state index in [1.807, 2.05) is 0 Å². The summed E-state index contributed by atoms with van der Waals surface area (Å²) < 4.78 is 1.74. The van der Waals surface area contributed by atoms with Crippen molar-refractivity contribution in [1.82, 2.24) is 14.4 Å². The van der Waals surface area contributed by atoms with Crippen molar-refractivity contribution in [1.29, 1.82) is 0 Å². The summed E-state index contributed by atoms with van der Waals surface area (Å²) >= 11 is 0. The zero-order chi connectivity index (χ0) is 7.68. The van der Waals surface area contributed by atoms with Crippen LogP contribution < -0.4 is 5.43 Å². The van der Waals surface area contributed by atoms with Crippen LogP contribution in [0, 0.1) is 4.91 Å². The van der Waals surface area contributed by atoms with Crippen molar-refractivity contribution >= 4 is 11.6 Å². The Balaban J connectivity index is 2.49. The van der Waals surface area contributed by atoms with Gasteiger partial charge in [0.25, 0.3) is 0 Å². The number of rotatable bonds is 2. The number of nitrogens with one attached hydrogen (secondary N) is 2. The minimum absolute atomic E-state index is 0.531. The van der Waals surface area contributed by atoms with E-state index in [4.69, 9.17) is 0 Å². The lowest BCUT2D eigenvalue weighted by Gasteiger charge is -1.84. The number of anilines is 1. The number of H-pyrrole nitrogens is 1. The second-order valence-corrected chi connectivity index (χ2v) is 2.03. The van der Waals surface area contributed by atoms with Crippen LogP contribution in [0.5, 0.6) is 0 Å². The molecular weight excluding hydrogens is 146 g/mol. The monoisotopic (exact) mass is 151 g/mol. The van der Waals surface area contributed by atoms with Gasteiger partial charge in [0.2, 0.25) is 5.78 Å². The van der Waals surface area contributed by atoms with E-state index in [0.717, 1.165) is 0 Å². The van der Waals surface area contributed by atoms with E-state index in [2.05, 4.69) is 20.7 Å². The van der Waals surface area contributed by atoms with E-state index < -0.39 is 0 Å². The van der Waals surface area contributed by atoms with Gasteiger partial charge < -0.3 is 4.98 Å². The van der Waals surface area contributed by atoms with Crippen molar-refractivity contribution < 1.29 is 0 Å². The molecule has 0 spiro atoms. The number of fused-ring (bicyclic) bond motifs is 1. The molecular formula is C5H5N5O. The Labute approximate surface area is 61.2 Å². The zero-order valence-corrected chi connectivity index (χ0v) is 5.48. The zero-order valence-electron chi connectivity index (χ0n) is 5.48. The third-order valence-corrected chi connectivity index (χ3v) is 1.35. The number of hydrogen-bond donors (Lipinski definition) is 2. The highest BCUT2D eigenvalue weighted by molar-refractivity contribution is 5.43. The number of aromatic amines is 1. The number of nitroso groups, excluding NO2 is 1. The molecule has 0 aliphatic heterocycles. The first-order valence-corrected chi connectivity index (χ1v) is 3.00. The van der Waals surface area contributed by atoms with Crippen LogP contribution in [0.15, 0.2) is 23.9 Å². The molecule has 2 aromatic rings.